The Morgan fingerprint density at radius 1 is 1.26 bits per heavy atom. The number of rotatable bonds is 4. The lowest BCUT2D eigenvalue weighted by atomic mass is 9.90. The van der Waals surface area contributed by atoms with E-state index in [-0.39, 0.29) is 6.04 Å². The smallest absolute Gasteiger partial charge is 0.126 e. The van der Waals surface area contributed by atoms with Crippen LogP contribution in [-0.2, 0) is 0 Å². The Kier molecular flexibility index (Phi) is 4.88. The highest BCUT2D eigenvalue weighted by Crippen LogP contribution is 2.26. The molecule has 1 aliphatic heterocycles. The van der Waals surface area contributed by atoms with E-state index in [2.05, 4.69) is 12.2 Å². The van der Waals surface area contributed by atoms with Gasteiger partial charge in [0.1, 0.15) is 11.6 Å². The normalized spacial score (nSPS) is 25.3. The van der Waals surface area contributed by atoms with Crippen LogP contribution in [0.2, 0.25) is 0 Å². The zero-order chi connectivity index (χ0) is 13.8. The van der Waals surface area contributed by atoms with E-state index < -0.39 is 17.7 Å². The number of aliphatic hydroxyl groups excluding tert-OH is 1. The molecule has 0 bridgehead atoms. The van der Waals surface area contributed by atoms with Crippen LogP contribution in [0.5, 0.6) is 0 Å². The second-order valence-electron chi connectivity index (χ2n) is 5.34. The van der Waals surface area contributed by atoms with Crippen molar-refractivity contribution in [2.75, 3.05) is 0 Å². The summed E-state index contributed by atoms with van der Waals surface area (Å²) in [6.07, 6.45) is 4.28. The van der Waals surface area contributed by atoms with Gasteiger partial charge in [-0.1, -0.05) is 19.8 Å². The van der Waals surface area contributed by atoms with Crippen LogP contribution in [-0.4, -0.2) is 17.2 Å². The Morgan fingerprint density at radius 2 is 1.95 bits per heavy atom. The molecular formula is C15H21F2NO. The van der Waals surface area contributed by atoms with E-state index in [0.29, 0.717) is 11.6 Å². The van der Waals surface area contributed by atoms with Crippen LogP contribution in [0.25, 0.3) is 0 Å². The molecule has 19 heavy (non-hydrogen) atoms. The van der Waals surface area contributed by atoms with Crippen molar-refractivity contribution in [1.82, 2.24) is 5.32 Å². The number of aliphatic hydroxyl groups is 1. The van der Waals surface area contributed by atoms with E-state index >= 15 is 0 Å². The van der Waals surface area contributed by atoms with E-state index in [1.54, 1.807) is 0 Å². The van der Waals surface area contributed by atoms with Gasteiger partial charge < -0.3 is 10.4 Å². The Bertz CT molecular complexity index is 402. The summed E-state index contributed by atoms with van der Waals surface area (Å²) >= 11 is 0. The van der Waals surface area contributed by atoms with Crippen molar-refractivity contribution in [3.63, 3.8) is 0 Å². The van der Waals surface area contributed by atoms with Gasteiger partial charge in [0, 0.05) is 18.2 Å². The van der Waals surface area contributed by atoms with Gasteiger partial charge in [-0.05, 0) is 37.0 Å². The summed E-state index contributed by atoms with van der Waals surface area (Å²) in [4.78, 5) is 0. The van der Waals surface area contributed by atoms with Gasteiger partial charge in [-0.3, -0.25) is 0 Å². The standard InChI is InChI=1S/C15H21F2NO/c1-2-4-13-5-3-6-14(18-13)15(19)10-7-11(16)9-12(17)8-10/h7-9,13-15,18-19H,2-6H2,1H3/t13-,14-,15-/m0/s1. The number of hydrogen-bond acceptors (Lipinski definition) is 2. The summed E-state index contributed by atoms with van der Waals surface area (Å²) in [5, 5.41) is 13.7. The number of nitrogens with one attached hydrogen (secondary N) is 1. The molecule has 0 radical (unpaired) electrons. The quantitative estimate of drug-likeness (QED) is 0.879. The molecule has 0 amide bonds. The minimum Gasteiger partial charge on any atom is -0.387 e. The van der Waals surface area contributed by atoms with Crippen LogP contribution in [0.4, 0.5) is 8.78 Å². The molecule has 106 valence electrons. The molecule has 1 heterocycles. The Hall–Kier alpha value is -1.00. The average Bonchev–Trinajstić information content (AvgIpc) is 2.37. The first kappa shape index (κ1) is 14.4. The molecule has 3 atom stereocenters. The molecule has 2 rings (SSSR count). The molecule has 1 aromatic carbocycles. The maximum absolute atomic E-state index is 13.2. The zero-order valence-corrected chi connectivity index (χ0v) is 11.2. The van der Waals surface area contributed by atoms with Crippen LogP contribution in [0.1, 0.15) is 50.7 Å². The van der Waals surface area contributed by atoms with Crippen LogP contribution >= 0.6 is 0 Å². The maximum atomic E-state index is 13.2. The summed E-state index contributed by atoms with van der Waals surface area (Å²) in [5.74, 6) is -1.29. The van der Waals surface area contributed by atoms with Gasteiger partial charge in [0.25, 0.3) is 0 Å². The Labute approximate surface area is 112 Å². The molecule has 2 N–H and O–H groups in total. The van der Waals surface area contributed by atoms with Gasteiger partial charge in [-0.15, -0.1) is 0 Å². The molecule has 0 aromatic heterocycles. The van der Waals surface area contributed by atoms with E-state index in [9.17, 15) is 13.9 Å². The second-order valence-corrected chi connectivity index (χ2v) is 5.34. The topological polar surface area (TPSA) is 32.3 Å². The summed E-state index contributed by atoms with van der Waals surface area (Å²) in [6.45, 7) is 2.13. The first-order valence-electron chi connectivity index (χ1n) is 7.00. The largest absolute Gasteiger partial charge is 0.387 e. The van der Waals surface area contributed by atoms with E-state index in [1.807, 2.05) is 0 Å². The third-order valence-corrected chi connectivity index (χ3v) is 3.76. The summed E-state index contributed by atoms with van der Waals surface area (Å²) in [6, 6.07) is 3.52. The fraction of sp³-hybridized carbons (Fsp3) is 0.600. The molecule has 1 aliphatic rings. The van der Waals surface area contributed by atoms with Crippen LogP contribution in [0, 0.1) is 11.6 Å². The van der Waals surface area contributed by atoms with Gasteiger partial charge in [0.05, 0.1) is 6.10 Å². The molecule has 1 fully saturated rings. The highest BCUT2D eigenvalue weighted by atomic mass is 19.1. The van der Waals surface area contributed by atoms with Crippen molar-refractivity contribution in [1.29, 1.82) is 0 Å². The van der Waals surface area contributed by atoms with E-state index in [0.717, 1.165) is 38.2 Å². The van der Waals surface area contributed by atoms with Crippen LogP contribution < -0.4 is 5.32 Å². The number of benzene rings is 1. The summed E-state index contributed by atoms with van der Waals surface area (Å²) in [5.41, 5.74) is 0.312. The first-order valence-corrected chi connectivity index (χ1v) is 7.00. The third kappa shape index (κ3) is 3.74. The molecule has 4 heteroatoms. The lowest BCUT2D eigenvalue weighted by Crippen LogP contribution is -2.45. The van der Waals surface area contributed by atoms with Crippen molar-refractivity contribution in [3.8, 4) is 0 Å². The van der Waals surface area contributed by atoms with E-state index in [4.69, 9.17) is 0 Å². The van der Waals surface area contributed by atoms with Gasteiger partial charge >= 0.3 is 0 Å². The van der Waals surface area contributed by atoms with Crippen molar-refractivity contribution in [2.45, 2.75) is 57.2 Å². The molecule has 1 saturated heterocycles. The van der Waals surface area contributed by atoms with Gasteiger partial charge in [-0.2, -0.15) is 0 Å². The minimum atomic E-state index is -0.857. The number of piperidine rings is 1. The lowest BCUT2D eigenvalue weighted by Gasteiger charge is -2.34. The summed E-state index contributed by atoms with van der Waals surface area (Å²) in [7, 11) is 0. The molecule has 1 aromatic rings. The number of hydrogen-bond donors (Lipinski definition) is 2. The van der Waals surface area contributed by atoms with E-state index in [1.165, 1.54) is 12.1 Å². The third-order valence-electron chi connectivity index (χ3n) is 3.76. The Morgan fingerprint density at radius 3 is 2.58 bits per heavy atom. The highest BCUT2D eigenvalue weighted by Gasteiger charge is 2.27. The van der Waals surface area contributed by atoms with Gasteiger partial charge in [0.15, 0.2) is 0 Å². The fourth-order valence-electron chi connectivity index (χ4n) is 2.86. The number of halogens is 2. The molecule has 0 spiro atoms. The predicted molar refractivity (Wildman–Crippen MR) is 70.8 cm³/mol. The zero-order valence-electron chi connectivity index (χ0n) is 11.2. The van der Waals surface area contributed by atoms with Crippen LogP contribution in [0.3, 0.4) is 0 Å². The van der Waals surface area contributed by atoms with Gasteiger partial charge in [0.2, 0.25) is 0 Å². The predicted octanol–water partition coefficient (Wildman–Crippen LogP) is 3.31. The van der Waals surface area contributed by atoms with Crippen molar-refractivity contribution >= 4 is 0 Å². The van der Waals surface area contributed by atoms with Crippen molar-refractivity contribution < 1.29 is 13.9 Å². The molecule has 0 aliphatic carbocycles. The van der Waals surface area contributed by atoms with Crippen LogP contribution in [0.15, 0.2) is 18.2 Å². The average molecular weight is 269 g/mol. The first-order chi connectivity index (χ1) is 9.10. The molecule has 0 unspecified atom stereocenters. The fourth-order valence-corrected chi connectivity index (χ4v) is 2.86. The molecule has 0 saturated carbocycles. The minimum absolute atomic E-state index is 0.119. The maximum Gasteiger partial charge on any atom is 0.126 e. The molecular weight excluding hydrogens is 248 g/mol. The Balaban J connectivity index is 2.07. The van der Waals surface area contributed by atoms with Crippen molar-refractivity contribution in [2.24, 2.45) is 0 Å². The lowest BCUT2D eigenvalue weighted by molar-refractivity contribution is 0.0992. The van der Waals surface area contributed by atoms with Crippen molar-refractivity contribution in [3.05, 3.63) is 35.4 Å². The van der Waals surface area contributed by atoms with Gasteiger partial charge in [-0.25, -0.2) is 8.78 Å². The molecule has 2 nitrogen and oxygen atoms in total. The SMILES string of the molecule is CCC[C@H]1CCC[C@@H]([C@@H](O)c2cc(F)cc(F)c2)N1. The highest BCUT2D eigenvalue weighted by molar-refractivity contribution is 5.21. The monoisotopic (exact) mass is 269 g/mol. The second kappa shape index (κ2) is 6.44. The summed E-state index contributed by atoms with van der Waals surface area (Å²) < 4.78 is 26.4.